The van der Waals surface area contributed by atoms with E-state index in [1.807, 2.05) is 0 Å². The predicted octanol–water partition coefficient (Wildman–Crippen LogP) is 4.54. The van der Waals surface area contributed by atoms with Gasteiger partial charge in [0.15, 0.2) is 11.6 Å². The van der Waals surface area contributed by atoms with Crippen LogP contribution in [0.2, 0.25) is 0 Å². The molecule has 0 aliphatic heterocycles. The summed E-state index contributed by atoms with van der Waals surface area (Å²) in [5, 5.41) is 0. The number of rotatable bonds is 3. The van der Waals surface area contributed by atoms with Crippen LogP contribution in [0.1, 0.15) is 5.56 Å². The first kappa shape index (κ1) is 13.4. The second-order valence-electron chi connectivity index (χ2n) is 3.93. The van der Waals surface area contributed by atoms with Gasteiger partial charge in [0.05, 0.1) is 5.56 Å². The van der Waals surface area contributed by atoms with E-state index in [0.717, 1.165) is 12.1 Å². The summed E-state index contributed by atoms with van der Waals surface area (Å²) < 4.78 is 56.0. The van der Waals surface area contributed by atoms with Gasteiger partial charge in [-0.15, -0.1) is 0 Å². The highest BCUT2D eigenvalue weighted by atomic mass is 19.3. The summed E-state index contributed by atoms with van der Waals surface area (Å²) in [6.07, 6.45) is 0. The number of halogens is 4. The lowest BCUT2D eigenvalue weighted by molar-refractivity contribution is -0.0496. The first-order valence-corrected chi connectivity index (χ1v) is 5.49. The van der Waals surface area contributed by atoms with Gasteiger partial charge in [0.2, 0.25) is 0 Å². The number of alkyl halides is 2. The monoisotopic (exact) mass is 270 g/mol. The Bertz CT molecular complexity index is 596. The van der Waals surface area contributed by atoms with Crippen molar-refractivity contribution in [3.8, 4) is 16.9 Å². The van der Waals surface area contributed by atoms with E-state index in [9.17, 15) is 17.6 Å². The van der Waals surface area contributed by atoms with Crippen molar-refractivity contribution in [2.45, 2.75) is 13.5 Å². The second kappa shape index (κ2) is 5.30. The second-order valence-corrected chi connectivity index (χ2v) is 3.93. The van der Waals surface area contributed by atoms with E-state index in [0.29, 0.717) is 11.1 Å². The van der Waals surface area contributed by atoms with Crippen LogP contribution in [0.25, 0.3) is 11.1 Å². The lowest BCUT2D eigenvalue weighted by atomic mass is 9.99. The molecule has 2 aromatic carbocycles. The molecule has 0 atom stereocenters. The Kier molecular flexibility index (Phi) is 3.74. The first-order valence-electron chi connectivity index (χ1n) is 5.49. The fourth-order valence-corrected chi connectivity index (χ4v) is 1.83. The molecule has 0 saturated carbocycles. The van der Waals surface area contributed by atoms with E-state index in [-0.39, 0.29) is 11.3 Å². The van der Waals surface area contributed by atoms with Gasteiger partial charge in [-0.2, -0.15) is 8.78 Å². The van der Waals surface area contributed by atoms with Crippen LogP contribution in [0, 0.1) is 18.6 Å². The molecule has 100 valence electrons. The summed E-state index contributed by atoms with van der Waals surface area (Å²) in [6.45, 7) is -1.43. The van der Waals surface area contributed by atoms with Crippen molar-refractivity contribution >= 4 is 0 Å². The van der Waals surface area contributed by atoms with E-state index in [4.69, 9.17) is 0 Å². The number of hydrogen-bond donors (Lipinski definition) is 0. The van der Waals surface area contributed by atoms with E-state index in [1.165, 1.54) is 6.07 Å². The zero-order valence-corrected chi connectivity index (χ0v) is 9.96. The van der Waals surface area contributed by atoms with Gasteiger partial charge in [-0.05, 0) is 30.2 Å². The standard InChI is InChI=1S/C14H10F4O/c1-8-4-2-3-5-9(8)12-11(19-14(17)18)7-6-10(15)13(12)16/h2-7,14H,1H3. The highest BCUT2D eigenvalue weighted by Crippen LogP contribution is 2.36. The van der Waals surface area contributed by atoms with Gasteiger partial charge in [-0.3, -0.25) is 0 Å². The molecule has 0 N–H and O–H groups in total. The maximum atomic E-state index is 13.9. The number of aryl methyl sites for hydroxylation is 1. The van der Waals surface area contributed by atoms with Gasteiger partial charge >= 0.3 is 6.61 Å². The zero-order chi connectivity index (χ0) is 14.0. The maximum absolute atomic E-state index is 13.9. The minimum absolute atomic E-state index is 0.293. The van der Waals surface area contributed by atoms with Gasteiger partial charge < -0.3 is 4.74 Å². The third-order valence-electron chi connectivity index (χ3n) is 2.69. The number of hydrogen-bond acceptors (Lipinski definition) is 1. The van der Waals surface area contributed by atoms with Gasteiger partial charge in [0.1, 0.15) is 5.75 Å². The van der Waals surface area contributed by atoms with Crippen molar-refractivity contribution in [3.63, 3.8) is 0 Å². The van der Waals surface area contributed by atoms with E-state index < -0.39 is 18.2 Å². The molecule has 0 spiro atoms. The van der Waals surface area contributed by atoms with Crippen molar-refractivity contribution in [1.29, 1.82) is 0 Å². The van der Waals surface area contributed by atoms with Crippen LogP contribution in [-0.2, 0) is 0 Å². The molecule has 0 radical (unpaired) electrons. The molecule has 19 heavy (non-hydrogen) atoms. The summed E-state index contributed by atoms with van der Waals surface area (Å²) in [6, 6.07) is 8.26. The quantitative estimate of drug-likeness (QED) is 0.744. The van der Waals surface area contributed by atoms with Crippen molar-refractivity contribution in [2.24, 2.45) is 0 Å². The Labute approximate surface area is 107 Å². The summed E-state index contributed by atoms with van der Waals surface area (Å²) in [5.74, 6) is -2.70. The average Bonchev–Trinajstić information content (AvgIpc) is 2.35. The molecule has 5 heteroatoms. The molecule has 2 rings (SSSR count). The highest BCUT2D eigenvalue weighted by Gasteiger charge is 2.20. The molecule has 0 aromatic heterocycles. The van der Waals surface area contributed by atoms with Gasteiger partial charge in [0, 0.05) is 0 Å². The maximum Gasteiger partial charge on any atom is 0.387 e. The SMILES string of the molecule is Cc1ccccc1-c1c(OC(F)F)ccc(F)c1F. The lowest BCUT2D eigenvalue weighted by Crippen LogP contribution is -2.05. The smallest absolute Gasteiger partial charge is 0.387 e. The molecule has 2 aromatic rings. The molecule has 0 saturated heterocycles. The largest absolute Gasteiger partial charge is 0.434 e. The number of ether oxygens (including phenoxy) is 1. The third-order valence-corrected chi connectivity index (χ3v) is 2.69. The summed E-state index contributed by atoms with van der Waals surface area (Å²) in [5.41, 5.74) is 0.652. The highest BCUT2D eigenvalue weighted by molar-refractivity contribution is 5.73. The Balaban J connectivity index is 2.66. The molecular weight excluding hydrogens is 260 g/mol. The molecule has 0 unspecified atom stereocenters. The zero-order valence-electron chi connectivity index (χ0n) is 9.96. The summed E-state index contributed by atoms with van der Waals surface area (Å²) in [4.78, 5) is 0. The van der Waals surface area contributed by atoms with Crippen LogP contribution < -0.4 is 4.74 Å². The van der Waals surface area contributed by atoms with Gasteiger partial charge in [-0.25, -0.2) is 8.78 Å². The van der Waals surface area contributed by atoms with Crippen molar-refractivity contribution < 1.29 is 22.3 Å². The average molecular weight is 270 g/mol. The van der Waals surface area contributed by atoms with Crippen LogP contribution in [0.15, 0.2) is 36.4 Å². The van der Waals surface area contributed by atoms with Gasteiger partial charge in [-0.1, -0.05) is 24.3 Å². The van der Waals surface area contributed by atoms with Crippen molar-refractivity contribution in [2.75, 3.05) is 0 Å². The van der Waals surface area contributed by atoms with Crippen LogP contribution in [-0.4, -0.2) is 6.61 Å². The fraction of sp³-hybridized carbons (Fsp3) is 0.143. The molecule has 1 nitrogen and oxygen atoms in total. The Morgan fingerprint density at radius 2 is 1.68 bits per heavy atom. The fourth-order valence-electron chi connectivity index (χ4n) is 1.83. The molecule has 0 aliphatic carbocycles. The third kappa shape index (κ3) is 2.70. The predicted molar refractivity (Wildman–Crippen MR) is 63.2 cm³/mol. The molecule has 0 heterocycles. The van der Waals surface area contributed by atoms with E-state index >= 15 is 0 Å². The summed E-state index contributed by atoms with van der Waals surface area (Å²) >= 11 is 0. The lowest BCUT2D eigenvalue weighted by Gasteiger charge is -2.14. The Hall–Kier alpha value is -2.04. The normalized spacial score (nSPS) is 10.8. The van der Waals surface area contributed by atoms with Crippen LogP contribution in [0.5, 0.6) is 5.75 Å². The Morgan fingerprint density at radius 1 is 1.00 bits per heavy atom. The molecule has 0 bridgehead atoms. The number of benzene rings is 2. The summed E-state index contributed by atoms with van der Waals surface area (Å²) in [7, 11) is 0. The molecule has 0 amide bonds. The Morgan fingerprint density at radius 3 is 2.32 bits per heavy atom. The minimum atomic E-state index is -3.10. The topological polar surface area (TPSA) is 9.23 Å². The van der Waals surface area contributed by atoms with E-state index in [1.54, 1.807) is 25.1 Å². The van der Waals surface area contributed by atoms with Crippen LogP contribution in [0.3, 0.4) is 0 Å². The van der Waals surface area contributed by atoms with E-state index in [2.05, 4.69) is 4.74 Å². The van der Waals surface area contributed by atoms with Crippen LogP contribution in [0.4, 0.5) is 17.6 Å². The van der Waals surface area contributed by atoms with Gasteiger partial charge in [0.25, 0.3) is 0 Å². The van der Waals surface area contributed by atoms with Crippen molar-refractivity contribution in [1.82, 2.24) is 0 Å². The van der Waals surface area contributed by atoms with Crippen molar-refractivity contribution in [3.05, 3.63) is 53.6 Å². The minimum Gasteiger partial charge on any atom is -0.434 e. The molecular formula is C14H10F4O. The molecule has 0 aliphatic rings. The molecule has 0 fully saturated rings. The van der Waals surface area contributed by atoms with Crippen LogP contribution >= 0.6 is 0 Å². The first-order chi connectivity index (χ1) is 9.00.